The third-order valence-electron chi connectivity index (χ3n) is 3.50. The summed E-state index contributed by atoms with van der Waals surface area (Å²) in [6.45, 7) is 0. The lowest BCUT2D eigenvalue weighted by molar-refractivity contribution is 0.568. The van der Waals surface area contributed by atoms with E-state index in [1.165, 1.54) is 12.1 Å². The van der Waals surface area contributed by atoms with Gasteiger partial charge in [-0.3, -0.25) is 0 Å². The minimum Gasteiger partial charge on any atom is -0.224 e. The van der Waals surface area contributed by atoms with E-state index in [-0.39, 0.29) is 4.90 Å². The van der Waals surface area contributed by atoms with E-state index in [9.17, 15) is 12.8 Å². The van der Waals surface area contributed by atoms with E-state index in [0.29, 0.717) is 0 Å². The summed E-state index contributed by atoms with van der Waals surface area (Å²) in [6, 6.07) is 24.0. The van der Waals surface area contributed by atoms with Gasteiger partial charge in [0.05, 0.1) is 10.9 Å². The molecule has 0 aliphatic rings. The first-order chi connectivity index (χ1) is 11.5. The van der Waals surface area contributed by atoms with Crippen LogP contribution in [0.1, 0.15) is 0 Å². The molecule has 0 aliphatic heterocycles. The summed E-state index contributed by atoms with van der Waals surface area (Å²) < 4.78 is 37.6. The lowest BCUT2D eigenvalue weighted by atomic mass is 10.3. The summed E-state index contributed by atoms with van der Waals surface area (Å²) >= 11 is 0. The monoisotopic (exact) mass is 359 g/mol. The van der Waals surface area contributed by atoms with E-state index in [1.54, 1.807) is 6.07 Å². The molecular weight excluding hydrogens is 343 g/mol. The van der Waals surface area contributed by atoms with Crippen molar-refractivity contribution >= 4 is 20.7 Å². The molecule has 5 heteroatoms. The van der Waals surface area contributed by atoms with Gasteiger partial charge in [-0.1, -0.05) is 36.4 Å². The molecule has 122 valence electrons. The Labute approximate surface area is 144 Å². The fourth-order valence-corrected chi connectivity index (χ4v) is 5.26. The lowest BCUT2D eigenvalue weighted by Crippen LogP contribution is -2.07. The molecule has 0 aromatic heterocycles. The van der Waals surface area contributed by atoms with Gasteiger partial charge in [-0.25, -0.2) is 12.8 Å². The molecule has 0 bridgehead atoms. The molecule has 0 saturated heterocycles. The number of rotatable bonds is 4. The van der Waals surface area contributed by atoms with E-state index in [1.807, 2.05) is 60.7 Å². The molecule has 0 unspecified atom stereocenters. The van der Waals surface area contributed by atoms with Crippen LogP contribution in [0.15, 0.2) is 98.4 Å². The molecule has 0 amide bonds. The van der Waals surface area contributed by atoms with E-state index >= 15 is 0 Å². The quantitative estimate of drug-likeness (QED) is 0.650. The van der Waals surface area contributed by atoms with Crippen molar-refractivity contribution in [2.24, 2.45) is 0 Å². The first kappa shape index (κ1) is 16.7. The van der Waals surface area contributed by atoms with Crippen LogP contribution >= 0.6 is 0 Å². The Kier molecular flexibility index (Phi) is 4.73. The molecule has 0 radical (unpaired) electrons. The average molecular weight is 359 g/mol. The third kappa shape index (κ3) is 3.52. The highest BCUT2D eigenvalue weighted by Crippen LogP contribution is 2.32. The van der Waals surface area contributed by atoms with Gasteiger partial charge in [0.15, 0.2) is 24.5 Å². The lowest BCUT2D eigenvalue weighted by Gasteiger charge is -2.09. The van der Waals surface area contributed by atoms with Crippen molar-refractivity contribution in [3.8, 4) is 0 Å². The number of hydrogen-bond donors (Lipinski definition) is 0. The second-order valence-electron chi connectivity index (χ2n) is 5.30. The maximum Gasteiger partial charge on any atom is 0.178 e. The SMILES string of the molecule is CS(=O)(=O)c1ccc([S+](c2ccccc2)c2ccccc2)cc1F. The Morgan fingerprint density at radius 1 is 0.750 bits per heavy atom. The Hall–Kier alpha value is -2.11. The van der Waals surface area contributed by atoms with Crippen LogP contribution in [0.4, 0.5) is 4.39 Å². The van der Waals surface area contributed by atoms with E-state index < -0.39 is 26.5 Å². The van der Waals surface area contributed by atoms with Crippen LogP contribution in [-0.2, 0) is 20.7 Å². The van der Waals surface area contributed by atoms with Gasteiger partial charge in [0, 0.05) is 12.3 Å². The highest BCUT2D eigenvalue weighted by molar-refractivity contribution is 7.97. The van der Waals surface area contributed by atoms with Gasteiger partial charge in [-0.15, -0.1) is 0 Å². The van der Waals surface area contributed by atoms with Crippen molar-refractivity contribution in [3.05, 3.63) is 84.7 Å². The van der Waals surface area contributed by atoms with Gasteiger partial charge in [0.25, 0.3) is 0 Å². The zero-order chi connectivity index (χ0) is 17.2. The van der Waals surface area contributed by atoms with Crippen LogP contribution in [-0.4, -0.2) is 14.7 Å². The molecule has 3 aromatic rings. The minimum absolute atomic E-state index is 0.268. The Morgan fingerprint density at radius 3 is 1.67 bits per heavy atom. The van der Waals surface area contributed by atoms with Crippen molar-refractivity contribution in [2.75, 3.05) is 6.26 Å². The van der Waals surface area contributed by atoms with Crippen LogP contribution in [0.25, 0.3) is 0 Å². The molecule has 0 spiro atoms. The molecule has 0 heterocycles. The highest BCUT2D eigenvalue weighted by Gasteiger charge is 2.30. The molecule has 0 aliphatic carbocycles. The van der Waals surface area contributed by atoms with Crippen molar-refractivity contribution in [1.29, 1.82) is 0 Å². The van der Waals surface area contributed by atoms with Crippen molar-refractivity contribution < 1.29 is 12.8 Å². The average Bonchev–Trinajstić information content (AvgIpc) is 2.56. The second-order valence-corrected chi connectivity index (χ2v) is 9.31. The third-order valence-corrected chi connectivity index (χ3v) is 6.84. The van der Waals surface area contributed by atoms with Crippen LogP contribution in [0.5, 0.6) is 0 Å². The summed E-state index contributed by atoms with van der Waals surface area (Å²) in [4.78, 5) is 2.58. The Bertz CT molecular complexity index is 900. The minimum atomic E-state index is -3.58. The summed E-state index contributed by atoms with van der Waals surface area (Å²) in [6.07, 6.45) is 1.01. The number of sulfone groups is 1. The maximum absolute atomic E-state index is 14.4. The molecule has 24 heavy (non-hydrogen) atoms. The summed E-state index contributed by atoms with van der Waals surface area (Å²) in [5, 5.41) is 0. The van der Waals surface area contributed by atoms with Crippen LogP contribution in [0.2, 0.25) is 0 Å². The first-order valence-corrected chi connectivity index (χ1v) is 10.4. The Balaban J connectivity index is 2.16. The van der Waals surface area contributed by atoms with Gasteiger partial charge < -0.3 is 0 Å². The molecule has 0 saturated carbocycles. The predicted octanol–water partition coefficient (Wildman–Crippen LogP) is 4.32. The van der Waals surface area contributed by atoms with Crippen molar-refractivity contribution in [3.63, 3.8) is 0 Å². The van der Waals surface area contributed by atoms with E-state index in [4.69, 9.17) is 0 Å². The Morgan fingerprint density at radius 2 is 1.25 bits per heavy atom. The topological polar surface area (TPSA) is 34.1 Å². The fraction of sp³-hybridized carbons (Fsp3) is 0.0526. The fourth-order valence-electron chi connectivity index (χ4n) is 2.43. The van der Waals surface area contributed by atoms with Crippen LogP contribution < -0.4 is 0 Å². The number of hydrogen-bond acceptors (Lipinski definition) is 2. The largest absolute Gasteiger partial charge is 0.224 e. The van der Waals surface area contributed by atoms with Crippen LogP contribution in [0.3, 0.4) is 0 Å². The first-order valence-electron chi connectivity index (χ1n) is 7.31. The number of halogens is 1. The number of benzene rings is 3. The summed E-state index contributed by atoms with van der Waals surface area (Å²) in [5.74, 6) is -0.709. The molecule has 0 atom stereocenters. The molecule has 3 aromatic carbocycles. The summed E-state index contributed by atoms with van der Waals surface area (Å²) in [5.41, 5.74) is 0. The van der Waals surface area contributed by atoms with Crippen molar-refractivity contribution in [1.82, 2.24) is 0 Å². The normalized spacial score (nSPS) is 11.6. The van der Waals surface area contributed by atoms with Crippen LogP contribution in [0, 0.1) is 5.82 Å². The van der Waals surface area contributed by atoms with E-state index in [0.717, 1.165) is 20.9 Å². The van der Waals surface area contributed by atoms with Gasteiger partial charge in [-0.2, -0.15) is 0 Å². The summed E-state index contributed by atoms with van der Waals surface area (Å²) in [7, 11) is -4.07. The van der Waals surface area contributed by atoms with Gasteiger partial charge >= 0.3 is 0 Å². The highest BCUT2D eigenvalue weighted by atomic mass is 32.2. The molecule has 0 fully saturated rings. The second kappa shape index (κ2) is 6.79. The molecule has 3 rings (SSSR count). The van der Waals surface area contributed by atoms with Gasteiger partial charge in [-0.05, 0) is 36.4 Å². The predicted molar refractivity (Wildman–Crippen MR) is 94.6 cm³/mol. The van der Waals surface area contributed by atoms with E-state index in [2.05, 4.69) is 0 Å². The molecule has 0 N–H and O–H groups in total. The van der Waals surface area contributed by atoms with Crippen molar-refractivity contribution in [2.45, 2.75) is 19.6 Å². The maximum atomic E-state index is 14.4. The smallest absolute Gasteiger partial charge is 0.178 e. The van der Waals surface area contributed by atoms with Gasteiger partial charge in [0.1, 0.15) is 10.7 Å². The molecular formula is C19H16FO2S2+. The zero-order valence-corrected chi connectivity index (χ0v) is 14.6. The molecule has 2 nitrogen and oxygen atoms in total. The zero-order valence-electron chi connectivity index (χ0n) is 13.0. The van der Waals surface area contributed by atoms with Gasteiger partial charge in [0.2, 0.25) is 0 Å². The standard InChI is InChI=1S/C19H16FO2S2/c1-24(21,22)19-13-12-17(14-18(19)20)23(15-8-4-2-5-9-15)16-10-6-3-7-11-16/h2-14H,1H3/q+1.